The second-order valence-corrected chi connectivity index (χ2v) is 3.87. The van der Waals surface area contributed by atoms with Gasteiger partial charge in [0.15, 0.2) is 0 Å². The van der Waals surface area contributed by atoms with Gasteiger partial charge in [-0.1, -0.05) is 11.6 Å². The molecule has 1 heterocycles. The number of nitrogens with zero attached hydrogens (tertiary/aromatic N) is 1. The first kappa shape index (κ1) is 10.8. The first-order valence-electron chi connectivity index (χ1n) is 4.60. The van der Waals surface area contributed by atoms with E-state index in [0.717, 1.165) is 5.52 Å². The number of hydrogen-bond donors (Lipinski definition) is 1. The Labute approximate surface area is 97.0 Å². The smallest absolute Gasteiger partial charge is 0.337 e. The van der Waals surface area contributed by atoms with Gasteiger partial charge in [-0.25, -0.2) is 4.79 Å². The lowest BCUT2D eigenvalue weighted by Gasteiger charge is -2.04. The van der Waals surface area contributed by atoms with Gasteiger partial charge in [-0.05, 0) is 6.07 Å². The summed E-state index contributed by atoms with van der Waals surface area (Å²) in [4.78, 5) is 11.0. The number of fused-ring (bicyclic) bond motifs is 1. The number of aromatic carboxylic acids is 1. The second-order valence-electron chi connectivity index (χ2n) is 3.46. The third-order valence-corrected chi connectivity index (χ3v) is 2.79. The summed E-state index contributed by atoms with van der Waals surface area (Å²) in [5, 5.41) is 10.0. The molecule has 16 heavy (non-hydrogen) atoms. The minimum atomic E-state index is -0.966. The largest absolute Gasteiger partial charge is 0.495 e. The molecule has 1 N–H and O–H groups in total. The van der Waals surface area contributed by atoms with Crippen molar-refractivity contribution in [3.63, 3.8) is 0 Å². The van der Waals surface area contributed by atoms with Gasteiger partial charge >= 0.3 is 5.97 Å². The molecule has 0 fully saturated rings. The van der Waals surface area contributed by atoms with Gasteiger partial charge in [0.25, 0.3) is 0 Å². The standard InChI is InChI=1S/C11H10ClNO3/c1-13-5-7(11(14)15)6-3-8(12)10(16-2)4-9(6)13/h3-5H,1-2H3,(H,14,15). The molecule has 0 spiro atoms. The fourth-order valence-corrected chi connectivity index (χ4v) is 1.95. The Hall–Kier alpha value is -1.68. The Bertz CT molecular complexity index is 574. The topological polar surface area (TPSA) is 51.5 Å². The number of halogens is 1. The third-order valence-electron chi connectivity index (χ3n) is 2.49. The molecule has 2 rings (SSSR count). The molecule has 4 nitrogen and oxygen atoms in total. The van der Waals surface area contributed by atoms with E-state index in [0.29, 0.717) is 16.2 Å². The number of hydrogen-bond acceptors (Lipinski definition) is 2. The molecule has 1 aromatic heterocycles. The van der Waals surface area contributed by atoms with Crippen LogP contribution in [0.4, 0.5) is 0 Å². The van der Waals surface area contributed by atoms with Gasteiger partial charge in [0.1, 0.15) is 5.75 Å². The highest BCUT2D eigenvalue weighted by molar-refractivity contribution is 6.33. The van der Waals surface area contributed by atoms with Crippen molar-refractivity contribution in [2.24, 2.45) is 7.05 Å². The maximum atomic E-state index is 11.0. The lowest BCUT2D eigenvalue weighted by atomic mass is 10.1. The van der Waals surface area contributed by atoms with Crippen molar-refractivity contribution in [3.8, 4) is 5.75 Å². The molecule has 0 aliphatic carbocycles. The van der Waals surface area contributed by atoms with Crippen molar-refractivity contribution in [1.82, 2.24) is 4.57 Å². The molecule has 0 aliphatic heterocycles. The van der Waals surface area contributed by atoms with Crippen LogP contribution < -0.4 is 4.74 Å². The molecular weight excluding hydrogens is 230 g/mol. The fraction of sp³-hybridized carbons (Fsp3) is 0.182. The predicted octanol–water partition coefficient (Wildman–Crippen LogP) is 2.54. The van der Waals surface area contributed by atoms with Crippen molar-refractivity contribution in [1.29, 1.82) is 0 Å². The van der Waals surface area contributed by atoms with Crippen LogP contribution in [0.1, 0.15) is 10.4 Å². The molecule has 0 radical (unpaired) electrons. The summed E-state index contributed by atoms with van der Waals surface area (Å²) in [5.41, 5.74) is 1.01. The summed E-state index contributed by atoms with van der Waals surface area (Å²) >= 11 is 5.96. The molecule has 84 valence electrons. The van der Waals surface area contributed by atoms with E-state index in [1.165, 1.54) is 7.11 Å². The summed E-state index contributed by atoms with van der Waals surface area (Å²) in [6.45, 7) is 0. The Balaban J connectivity index is 2.82. The maximum absolute atomic E-state index is 11.0. The van der Waals surface area contributed by atoms with Gasteiger partial charge in [0.05, 0.1) is 23.2 Å². The lowest BCUT2D eigenvalue weighted by Crippen LogP contribution is -1.94. The number of carbonyl (C=O) groups is 1. The molecule has 0 bridgehead atoms. The number of rotatable bonds is 2. The summed E-state index contributed by atoms with van der Waals surface area (Å²) in [5.74, 6) is -0.431. The van der Waals surface area contributed by atoms with Gasteiger partial charge in [-0.2, -0.15) is 0 Å². The van der Waals surface area contributed by atoms with Crippen molar-refractivity contribution < 1.29 is 14.6 Å². The minimum Gasteiger partial charge on any atom is -0.495 e. The van der Waals surface area contributed by atoms with E-state index < -0.39 is 5.97 Å². The highest BCUT2D eigenvalue weighted by Gasteiger charge is 2.15. The zero-order valence-corrected chi connectivity index (χ0v) is 9.58. The summed E-state index contributed by atoms with van der Waals surface area (Å²) < 4.78 is 6.82. The first-order valence-corrected chi connectivity index (χ1v) is 4.98. The maximum Gasteiger partial charge on any atom is 0.337 e. The van der Waals surface area contributed by atoms with E-state index in [9.17, 15) is 4.79 Å². The van der Waals surface area contributed by atoms with E-state index in [-0.39, 0.29) is 5.56 Å². The van der Waals surface area contributed by atoms with Crippen LogP contribution in [0.25, 0.3) is 10.9 Å². The average molecular weight is 240 g/mol. The average Bonchev–Trinajstić information content (AvgIpc) is 2.54. The number of ether oxygens (including phenoxy) is 1. The molecule has 0 saturated heterocycles. The normalized spacial score (nSPS) is 10.7. The summed E-state index contributed by atoms with van der Waals surface area (Å²) in [6.07, 6.45) is 1.56. The zero-order chi connectivity index (χ0) is 11.9. The monoisotopic (exact) mass is 239 g/mol. The molecule has 2 aromatic rings. The third kappa shape index (κ3) is 1.51. The van der Waals surface area contributed by atoms with Crippen molar-refractivity contribution in [3.05, 3.63) is 28.9 Å². The number of benzene rings is 1. The highest BCUT2D eigenvalue weighted by atomic mass is 35.5. The molecular formula is C11H10ClNO3. The Kier molecular flexibility index (Phi) is 2.52. The molecule has 0 unspecified atom stereocenters. The van der Waals surface area contributed by atoms with Crippen LogP contribution in [0.15, 0.2) is 18.3 Å². The van der Waals surface area contributed by atoms with Crippen LogP contribution in [-0.4, -0.2) is 22.8 Å². The van der Waals surface area contributed by atoms with E-state index in [1.54, 1.807) is 29.9 Å². The van der Waals surface area contributed by atoms with Crippen molar-refractivity contribution >= 4 is 28.5 Å². The van der Waals surface area contributed by atoms with Gasteiger partial charge in [0, 0.05) is 24.7 Å². The zero-order valence-electron chi connectivity index (χ0n) is 8.82. The number of carboxylic acids is 1. The highest BCUT2D eigenvalue weighted by Crippen LogP contribution is 2.32. The van der Waals surface area contributed by atoms with Crippen molar-refractivity contribution in [2.75, 3.05) is 7.11 Å². The SMILES string of the molecule is COc1cc2c(cc1Cl)c(C(=O)O)cn2C. The van der Waals surface area contributed by atoms with Crippen LogP contribution >= 0.6 is 11.6 Å². The number of carboxylic acid groups (broad SMARTS) is 1. The Morgan fingerprint density at radius 3 is 2.75 bits per heavy atom. The van der Waals surface area contributed by atoms with E-state index in [2.05, 4.69) is 0 Å². The van der Waals surface area contributed by atoms with Crippen molar-refractivity contribution in [2.45, 2.75) is 0 Å². The quantitative estimate of drug-likeness (QED) is 0.876. The molecule has 5 heteroatoms. The van der Waals surface area contributed by atoms with Crippen LogP contribution in [0, 0.1) is 0 Å². The predicted molar refractivity (Wildman–Crippen MR) is 61.4 cm³/mol. The number of aryl methyl sites for hydroxylation is 1. The molecule has 0 atom stereocenters. The van der Waals surface area contributed by atoms with Crippen LogP contribution in [0.2, 0.25) is 5.02 Å². The van der Waals surface area contributed by atoms with E-state index in [1.807, 2.05) is 0 Å². The number of aromatic nitrogens is 1. The van der Waals surface area contributed by atoms with Crippen LogP contribution in [-0.2, 0) is 7.05 Å². The summed E-state index contributed by atoms with van der Waals surface area (Å²) in [6, 6.07) is 3.34. The van der Waals surface area contributed by atoms with E-state index >= 15 is 0 Å². The van der Waals surface area contributed by atoms with Crippen LogP contribution in [0.3, 0.4) is 0 Å². The number of methoxy groups -OCH3 is 1. The molecule has 0 saturated carbocycles. The molecule has 1 aromatic carbocycles. The van der Waals surface area contributed by atoms with Gasteiger partial charge in [0.2, 0.25) is 0 Å². The van der Waals surface area contributed by atoms with Crippen LogP contribution in [0.5, 0.6) is 5.75 Å². The first-order chi connectivity index (χ1) is 7.54. The lowest BCUT2D eigenvalue weighted by molar-refractivity contribution is 0.0699. The summed E-state index contributed by atoms with van der Waals surface area (Å²) in [7, 11) is 3.30. The van der Waals surface area contributed by atoms with Gasteiger partial charge in [-0.3, -0.25) is 0 Å². The molecule has 0 amide bonds. The Morgan fingerprint density at radius 1 is 1.50 bits per heavy atom. The fourth-order valence-electron chi connectivity index (χ4n) is 1.71. The molecule has 0 aliphatic rings. The second kappa shape index (κ2) is 3.72. The van der Waals surface area contributed by atoms with E-state index in [4.69, 9.17) is 21.4 Å². The minimum absolute atomic E-state index is 0.238. The Morgan fingerprint density at radius 2 is 2.19 bits per heavy atom. The van der Waals surface area contributed by atoms with Gasteiger partial charge in [-0.15, -0.1) is 0 Å². The van der Waals surface area contributed by atoms with Gasteiger partial charge < -0.3 is 14.4 Å².